The molecule has 2 fully saturated rings. The number of ether oxygens (including phenoxy) is 1. The van der Waals surface area contributed by atoms with Gasteiger partial charge in [-0.3, -0.25) is 0 Å². The Bertz CT molecular complexity index is 773. The number of nitrogens with one attached hydrogen (secondary N) is 1. The Morgan fingerprint density at radius 2 is 1.75 bits per heavy atom. The maximum atomic E-state index is 13.2. The number of benzene rings is 1. The topological polar surface area (TPSA) is 79.0 Å². The quantitative estimate of drug-likeness (QED) is 0.800. The smallest absolute Gasteiger partial charge is 0.317 e. The van der Waals surface area contributed by atoms with Gasteiger partial charge in [0.05, 0.1) is 18.5 Å². The van der Waals surface area contributed by atoms with Gasteiger partial charge in [-0.1, -0.05) is 12.1 Å². The first kappa shape index (κ1) is 21.0. The maximum Gasteiger partial charge on any atom is 0.317 e. The molecule has 2 aliphatic rings. The second-order valence-electron chi connectivity index (χ2n) is 7.47. The highest BCUT2D eigenvalue weighted by molar-refractivity contribution is 7.88. The first-order chi connectivity index (χ1) is 13.3. The van der Waals surface area contributed by atoms with E-state index in [1.165, 1.54) is 22.7 Å². The van der Waals surface area contributed by atoms with Gasteiger partial charge in [0.2, 0.25) is 10.0 Å². The molecule has 28 heavy (non-hydrogen) atoms. The molecule has 3 rings (SSSR count). The zero-order valence-corrected chi connectivity index (χ0v) is 17.0. The van der Waals surface area contributed by atoms with E-state index in [9.17, 15) is 17.6 Å². The van der Waals surface area contributed by atoms with Gasteiger partial charge in [0.15, 0.2) is 0 Å². The number of nitrogens with zero attached hydrogens (tertiary/aromatic N) is 2. The van der Waals surface area contributed by atoms with Gasteiger partial charge in [0.1, 0.15) is 5.82 Å². The lowest BCUT2D eigenvalue weighted by molar-refractivity contribution is -0.0546. The Labute approximate surface area is 165 Å². The van der Waals surface area contributed by atoms with Gasteiger partial charge < -0.3 is 15.0 Å². The third kappa shape index (κ3) is 5.89. The van der Waals surface area contributed by atoms with Crippen LogP contribution < -0.4 is 5.32 Å². The summed E-state index contributed by atoms with van der Waals surface area (Å²) >= 11 is 0. The van der Waals surface area contributed by atoms with Crippen LogP contribution in [0.15, 0.2) is 24.3 Å². The molecule has 1 N–H and O–H groups in total. The van der Waals surface area contributed by atoms with Crippen LogP contribution in [0.4, 0.5) is 9.18 Å². The molecule has 2 heterocycles. The van der Waals surface area contributed by atoms with Crippen LogP contribution >= 0.6 is 0 Å². The molecule has 0 aliphatic carbocycles. The van der Waals surface area contributed by atoms with Gasteiger partial charge in [-0.25, -0.2) is 21.9 Å². The predicted molar refractivity (Wildman–Crippen MR) is 104 cm³/mol. The summed E-state index contributed by atoms with van der Waals surface area (Å²) in [5, 5.41) is 2.83. The predicted octanol–water partition coefficient (Wildman–Crippen LogP) is 1.94. The number of hydrogen-bond donors (Lipinski definition) is 1. The summed E-state index contributed by atoms with van der Waals surface area (Å²) in [5.74, 6) is -0.313. The average Bonchev–Trinajstić information content (AvgIpc) is 2.66. The van der Waals surface area contributed by atoms with Gasteiger partial charge in [-0.05, 0) is 43.4 Å². The zero-order valence-electron chi connectivity index (χ0n) is 16.1. The van der Waals surface area contributed by atoms with Crippen LogP contribution in [0.5, 0.6) is 0 Å². The first-order valence-corrected chi connectivity index (χ1v) is 11.5. The molecule has 2 amide bonds. The lowest BCUT2D eigenvalue weighted by Crippen LogP contribution is -2.47. The third-order valence-electron chi connectivity index (χ3n) is 5.32. The van der Waals surface area contributed by atoms with Crippen molar-refractivity contribution in [2.75, 3.05) is 32.4 Å². The van der Waals surface area contributed by atoms with E-state index in [0.29, 0.717) is 45.6 Å². The molecule has 0 aromatic heterocycles. The molecule has 1 aromatic carbocycles. The molecule has 0 radical (unpaired) electrons. The van der Waals surface area contributed by atoms with Crippen molar-refractivity contribution in [2.45, 2.75) is 44.4 Å². The van der Waals surface area contributed by atoms with E-state index in [1.807, 2.05) is 0 Å². The van der Waals surface area contributed by atoms with E-state index in [0.717, 1.165) is 18.4 Å². The van der Waals surface area contributed by atoms with Crippen LogP contribution in [0, 0.1) is 5.82 Å². The lowest BCUT2D eigenvalue weighted by Gasteiger charge is -2.36. The van der Waals surface area contributed by atoms with Crippen molar-refractivity contribution >= 4 is 16.1 Å². The highest BCUT2D eigenvalue weighted by Crippen LogP contribution is 2.22. The van der Waals surface area contributed by atoms with E-state index in [4.69, 9.17) is 4.74 Å². The first-order valence-electron chi connectivity index (χ1n) is 9.69. The van der Waals surface area contributed by atoms with Crippen LogP contribution in [-0.2, 0) is 21.3 Å². The summed E-state index contributed by atoms with van der Waals surface area (Å²) in [4.78, 5) is 14.1. The van der Waals surface area contributed by atoms with Crippen LogP contribution in [-0.4, -0.2) is 68.3 Å². The summed E-state index contributed by atoms with van der Waals surface area (Å²) in [7, 11) is -3.12. The van der Waals surface area contributed by atoms with Crippen molar-refractivity contribution in [3.05, 3.63) is 35.6 Å². The minimum absolute atomic E-state index is 0.0800. The summed E-state index contributed by atoms with van der Waals surface area (Å²) in [6.45, 7) is 2.53. The Morgan fingerprint density at radius 1 is 1.14 bits per heavy atom. The molecule has 156 valence electrons. The number of likely N-dealkylation sites (tertiary alicyclic amines) is 1. The summed E-state index contributed by atoms with van der Waals surface area (Å²) in [5.41, 5.74) is 0.729. The molecule has 9 heteroatoms. The number of amides is 2. The fourth-order valence-electron chi connectivity index (χ4n) is 3.70. The standard InChI is InChI=1S/C19H28FN3O4S/c1-28(25,26)23-11-7-18(8-12-23)27-17-5-9-22(10-6-17)19(24)21-14-15-3-2-4-16(20)13-15/h2-4,13,17-18H,5-12,14H2,1H3,(H,21,24). The normalized spacial score (nSPS) is 20.3. The Balaban J connectivity index is 1.37. The van der Waals surface area contributed by atoms with Crippen molar-refractivity contribution in [3.63, 3.8) is 0 Å². The van der Waals surface area contributed by atoms with Crippen LogP contribution in [0.25, 0.3) is 0 Å². The molecular formula is C19H28FN3O4S. The molecular weight excluding hydrogens is 385 g/mol. The van der Waals surface area contributed by atoms with Crippen molar-refractivity contribution in [1.82, 2.24) is 14.5 Å². The molecule has 2 saturated heterocycles. The number of carbonyl (C=O) groups is 1. The van der Waals surface area contributed by atoms with Gasteiger partial charge >= 0.3 is 6.03 Å². The molecule has 0 bridgehead atoms. The second kappa shape index (κ2) is 9.19. The van der Waals surface area contributed by atoms with Crippen molar-refractivity contribution in [2.24, 2.45) is 0 Å². The van der Waals surface area contributed by atoms with E-state index in [-0.39, 0.29) is 24.1 Å². The number of rotatable bonds is 5. The molecule has 0 atom stereocenters. The minimum Gasteiger partial charge on any atom is -0.375 e. The van der Waals surface area contributed by atoms with Gasteiger partial charge in [-0.2, -0.15) is 0 Å². The fraction of sp³-hybridized carbons (Fsp3) is 0.632. The number of piperidine rings is 2. The van der Waals surface area contributed by atoms with E-state index < -0.39 is 10.0 Å². The third-order valence-corrected chi connectivity index (χ3v) is 6.62. The van der Waals surface area contributed by atoms with E-state index in [1.54, 1.807) is 17.0 Å². The lowest BCUT2D eigenvalue weighted by atomic mass is 10.1. The molecule has 0 saturated carbocycles. The average molecular weight is 414 g/mol. The number of carbonyl (C=O) groups excluding carboxylic acids is 1. The molecule has 0 unspecified atom stereocenters. The fourth-order valence-corrected chi connectivity index (χ4v) is 4.58. The van der Waals surface area contributed by atoms with Gasteiger partial charge in [0.25, 0.3) is 0 Å². The van der Waals surface area contributed by atoms with Crippen molar-refractivity contribution in [3.8, 4) is 0 Å². The molecule has 0 spiro atoms. The number of sulfonamides is 1. The minimum atomic E-state index is -3.12. The highest BCUT2D eigenvalue weighted by atomic mass is 32.2. The van der Waals surface area contributed by atoms with Gasteiger partial charge in [0, 0.05) is 32.7 Å². The number of urea groups is 1. The Morgan fingerprint density at radius 3 is 2.32 bits per heavy atom. The number of halogens is 1. The number of hydrogen-bond acceptors (Lipinski definition) is 4. The largest absolute Gasteiger partial charge is 0.375 e. The maximum absolute atomic E-state index is 13.2. The summed E-state index contributed by atoms with van der Waals surface area (Å²) in [6.07, 6.45) is 4.36. The van der Waals surface area contributed by atoms with Gasteiger partial charge in [-0.15, -0.1) is 0 Å². The second-order valence-corrected chi connectivity index (χ2v) is 9.45. The van der Waals surface area contributed by atoms with Crippen molar-refractivity contribution < 1.29 is 22.3 Å². The molecule has 7 nitrogen and oxygen atoms in total. The molecule has 1 aromatic rings. The van der Waals surface area contributed by atoms with E-state index in [2.05, 4.69) is 5.32 Å². The SMILES string of the molecule is CS(=O)(=O)N1CCC(OC2CCN(C(=O)NCc3cccc(F)c3)CC2)CC1. The summed E-state index contributed by atoms with van der Waals surface area (Å²) < 4.78 is 44.0. The summed E-state index contributed by atoms with van der Waals surface area (Å²) in [6, 6.07) is 6.04. The monoisotopic (exact) mass is 413 g/mol. The highest BCUT2D eigenvalue weighted by Gasteiger charge is 2.29. The van der Waals surface area contributed by atoms with Crippen LogP contribution in [0.3, 0.4) is 0 Å². The Hall–Kier alpha value is -1.71. The van der Waals surface area contributed by atoms with Crippen LogP contribution in [0.1, 0.15) is 31.2 Å². The van der Waals surface area contributed by atoms with E-state index >= 15 is 0 Å². The Kier molecular flexibility index (Phi) is 6.90. The molecule has 2 aliphatic heterocycles. The van der Waals surface area contributed by atoms with Crippen LogP contribution in [0.2, 0.25) is 0 Å². The zero-order chi connectivity index (χ0) is 20.1. The van der Waals surface area contributed by atoms with Crippen molar-refractivity contribution in [1.29, 1.82) is 0 Å².